The van der Waals surface area contributed by atoms with Gasteiger partial charge in [-0.25, -0.2) is 4.98 Å². The highest BCUT2D eigenvalue weighted by molar-refractivity contribution is 5.82. The van der Waals surface area contributed by atoms with Crippen LogP contribution >= 0.6 is 0 Å². The molecule has 2 N–H and O–H groups in total. The lowest BCUT2D eigenvalue weighted by Gasteiger charge is -2.23. The fourth-order valence-corrected chi connectivity index (χ4v) is 3.21. The third-order valence-corrected chi connectivity index (χ3v) is 5.11. The molecule has 0 aliphatic carbocycles. The van der Waals surface area contributed by atoms with Crippen molar-refractivity contribution >= 4 is 11.8 Å². The van der Waals surface area contributed by atoms with Crippen LogP contribution in [0.1, 0.15) is 25.0 Å². The second-order valence-electron chi connectivity index (χ2n) is 7.83. The largest absolute Gasteiger partial charge is 0.573 e. The van der Waals surface area contributed by atoms with Gasteiger partial charge in [-0.2, -0.15) is 0 Å². The highest BCUT2D eigenvalue weighted by Crippen LogP contribution is 2.35. The van der Waals surface area contributed by atoms with Gasteiger partial charge < -0.3 is 19.9 Å². The van der Waals surface area contributed by atoms with Crippen LogP contribution in [0.15, 0.2) is 60.8 Å². The average Bonchev–Trinajstić information content (AvgIpc) is 2.76. The second kappa shape index (κ2) is 9.40. The zero-order valence-electron chi connectivity index (χ0n) is 18.2. The third-order valence-electron chi connectivity index (χ3n) is 5.11. The number of hydrogen-bond acceptors (Lipinski definition) is 5. The molecule has 0 amide bonds. The van der Waals surface area contributed by atoms with E-state index in [1.165, 1.54) is 25.3 Å². The number of nitrogens with zero attached hydrogens (tertiary/aromatic N) is 1. The molecule has 0 spiro atoms. The first kappa shape index (κ1) is 23.9. The second-order valence-corrected chi connectivity index (χ2v) is 7.83. The normalized spacial score (nSPS) is 11.7. The van der Waals surface area contributed by atoms with Gasteiger partial charge in [-0.3, -0.25) is 4.79 Å². The van der Waals surface area contributed by atoms with Crippen molar-refractivity contribution in [2.45, 2.75) is 32.2 Å². The number of nitrogens with one attached hydrogen (secondary N) is 1. The zero-order chi connectivity index (χ0) is 24.2. The summed E-state index contributed by atoms with van der Waals surface area (Å²) < 4.78 is 46.4. The molecule has 0 aliphatic rings. The number of methoxy groups -OCH3 is 1. The van der Waals surface area contributed by atoms with Crippen molar-refractivity contribution in [3.8, 4) is 22.6 Å². The molecule has 0 unspecified atom stereocenters. The molecule has 0 aliphatic heterocycles. The van der Waals surface area contributed by atoms with Crippen molar-refractivity contribution in [2.24, 2.45) is 0 Å². The van der Waals surface area contributed by atoms with E-state index < -0.39 is 17.7 Å². The number of benzene rings is 2. The number of aliphatic carboxylic acids is 1. The minimum Gasteiger partial charge on any atom is -0.496 e. The Kier molecular flexibility index (Phi) is 6.81. The number of rotatable bonds is 8. The smallest absolute Gasteiger partial charge is 0.496 e. The number of alkyl halides is 3. The molecular weight excluding hydrogens is 437 g/mol. The molecule has 0 atom stereocenters. The number of pyridine rings is 1. The predicted molar refractivity (Wildman–Crippen MR) is 117 cm³/mol. The molecule has 0 saturated carbocycles. The highest BCUT2D eigenvalue weighted by atomic mass is 19.4. The van der Waals surface area contributed by atoms with Crippen molar-refractivity contribution in [1.82, 2.24) is 4.98 Å². The third kappa shape index (κ3) is 5.94. The van der Waals surface area contributed by atoms with Crippen LogP contribution in [0, 0.1) is 0 Å². The summed E-state index contributed by atoms with van der Waals surface area (Å²) in [6.45, 7) is 3.47. The van der Waals surface area contributed by atoms with Gasteiger partial charge in [0.1, 0.15) is 17.3 Å². The quantitative estimate of drug-likeness (QED) is 0.454. The Morgan fingerprint density at radius 3 is 2.39 bits per heavy atom. The Morgan fingerprint density at radius 2 is 1.79 bits per heavy atom. The van der Waals surface area contributed by atoms with Crippen LogP contribution in [0.25, 0.3) is 11.1 Å². The molecule has 6 nitrogen and oxygen atoms in total. The van der Waals surface area contributed by atoms with Gasteiger partial charge >= 0.3 is 12.3 Å². The minimum atomic E-state index is -4.75. The topological polar surface area (TPSA) is 80.7 Å². The van der Waals surface area contributed by atoms with Crippen LogP contribution in [0.2, 0.25) is 0 Å². The maximum Gasteiger partial charge on any atom is 0.573 e. The summed E-state index contributed by atoms with van der Waals surface area (Å²) in [7, 11) is 1.49. The molecule has 1 heterocycles. The van der Waals surface area contributed by atoms with Gasteiger partial charge in [0.25, 0.3) is 0 Å². The lowest BCUT2D eigenvalue weighted by atomic mass is 9.83. The van der Waals surface area contributed by atoms with E-state index in [9.17, 15) is 23.1 Å². The molecule has 9 heteroatoms. The summed E-state index contributed by atoms with van der Waals surface area (Å²) in [4.78, 5) is 16.1. The van der Waals surface area contributed by atoms with Crippen LogP contribution in [-0.2, 0) is 16.8 Å². The number of aromatic nitrogens is 1. The van der Waals surface area contributed by atoms with Gasteiger partial charge in [-0.05, 0) is 61.4 Å². The number of carboxylic acid groups (broad SMARTS) is 1. The highest BCUT2D eigenvalue weighted by Gasteiger charge is 2.33. The molecule has 3 aromatic rings. The summed E-state index contributed by atoms with van der Waals surface area (Å²) in [6, 6.07) is 14.5. The van der Waals surface area contributed by atoms with Crippen LogP contribution in [-0.4, -0.2) is 29.5 Å². The fraction of sp³-hybridized carbons (Fsp3) is 0.250. The Balaban J connectivity index is 1.75. The summed E-state index contributed by atoms with van der Waals surface area (Å²) in [5.41, 5.74) is 1.53. The lowest BCUT2D eigenvalue weighted by molar-refractivity contribution is -0.274. The van der Waals surface area contributed by atoms with Gasteiger partial charge in [-0.1, -0.05) is 18.2 Å². The summed E-state index contributed by atoms with van der Waals surface area (Å²) in [5, 5.41) is 12.7. The van der Waals surface area contributed by atoms with E-state index in [2.05, 4.69) is 15.0 Å². The first-order valence-electron chi connectivity index (χ1n) is 9.96. The van der Waals surface area contributed by atoms with Crippen LogP contribution in [0.5, 0.6) is 11.5 Å². The van der Waals surface area contributed by atoms with Crippen molar-refractivity contribution in [1.29, 1.82) is 0 Å². The Bertz CT molecular complexity index is 1130. The van der Waals surface area contributed by atoms with Crippen molar-refractivity contribution in [2.75, 3.05) is 12.4 Å². The first-order valence-corrected chi connectivity index (χ1v) is 9.96. The molecule has 174 valence electrons. The number of anilines is 1. The van der Waals surface area contributed by atoms with E-state index in [0.717, 1.165) is 11.1 Å². The minimum absolute atomic E-state index is 0.251. The van der Waals surface area contributed by atoms with Crippen molar-refractivity contribution < 1.29 is 32.5 Å². The van der Waals surface area contributed by atoms with E-state index in [-0.39, 0.29) is 12.3 Å². The Hall–Kier alpha value is -3.75. The summed E-state index contributed by atoms with van der Waals surface area (Å²) >= 11 is 0. The monoisotopic (exact) mass is 460 g/mol. The maximum atomic E-state index is 12.4. The van der Waals surface area contributed by atoms with Crippen LogP contribution in [0.4, 0.5) is 19.0 Å². The van der Waals surface area contributed by atoms with Crippen LogP contribution in [0.3, 0.4) is 0 Å². The summed E-state index contributed by atoms with van der Waals surface area (Å²) in [5.74, 6) is -0.250. The van der Waals surface area contributed by atoms with Crippen LogP contribution < -0.4 is 14.8 Å². The standard InChI is InChI=1S/C24H23F3N2O4/c1-23(2,22(30)31)19-12-16(7-9-20(19)32-3)17-8-10-21(29-14-17)28-13-15-5-4-6-18(11-15)33-24(25,26)27/h4-12,14H,13H2,1-3H3,(H,28,29)(H,30,31). The van der Waals surface area contributed by atoms with E-state index in [1.807, 2.05) is 12.1 Å². The van der Waals surface area contributed by atoms with E-state index in [0.29, 0.717) is 22.7 Å². The van der Waals surface area contributed by atoms with Gasteiger partial charge in [0, 0.05) is 23.9 Å². The molecule has 0 radical (unpaired) electrons. The molecule has 0 fully saturated rings. The van der Waals surface area contributed by atoms with E-state index >= 15 is 0 Å². The lowest BCUT2D eigenvalue weighted by Crippen LogP contribution is -2.29. The van der Waals surface area contributed by atoms with Gasteiger partial charge in [0.05, 0.1) is 12.5 Å². The molecule has 0 bridgehead atoms. The fourth-order valence-electron chi connectivity index (χ4n) is 3.21. The average molecular weight is 460 g/mol. The number of hydrogen-bond donors (Lipinski definition) is 2. The van der Waals surface area contributed by atoms with E-state index in [4.69, 9.17) is 4.74 Å². The zero-order valence-corrected chi connectivity index (χ0v) is 18.2. The number of ether oxygens (including phenoxy) is 2. The molecule has 3 rings (SSSR count). The molecule has 33 heavy (non-hydrogen) atoms. The molecule has 0 saturated heterocycles. The SMILES string of the molecule is COc1ccc(-c2ccc(NCc3cccc(OC(F)(F)F)c3)nc2)cc1C(C)(C)C(=O)O. The number of halogens is 3. The van der Waals surface area contributed by atoms with E-state index in [1.54, 1.807) is 44.3 Å². The predicted octanol–water partition coefficient (Wildman–Crippen LogP) is 5.63. The van der Waals surface area contributed by atoms with Gasteiger partial charge in [0.15, 0.2) is 0 Å². The maximum absolute atomic E-state index is 12.4. The van der Waals surface area contributed by atoms with Crippen molar-refractivity contribution in [3.63, 3.8) is 0 Å². The number of carbonyl (C=O) groups is 1. The molecular formula is C24H23F3N2O4. The molecule has 2 aromatic carbocycles. The first-order chi connectivity index (χ1) is 15.5. The Labute approximate surface area is 189 Å². The number of carboxylic acids is 1. The Morgan fingerprint density at radius 1 is 1.06 bits per heavy atom. The summed E-state index contributed by atoms with van der Waals surface area (Å²) in [6.07, 6.45) is -3.12. The molecule has 1 aromatic heterocycles. The van der Waals surface area contributed by atoms with Gasteiger partial charge in [0.2, 0.25) is 0 Å². The van der Waals surface area contributed by atoms with Gasteiger partial charge in [-0.15, -0.1) is 13.2 Å². The van der Waals surface area contributed by atoms with Crippen molar-refractivity contribution in [3.05, 3.63) is 71.9 Å².